The summed E-state index contributed by atoms with van der Waals surface area (Å²) in [7, 11) is -3.04. The first-order valence-electron chi connectivity index (χ1n) is 5.81. The van der Waals surface area contributed by atoms with E-state index in [0.29, 0.717) is 5.82 Å². The van der Waals surface area contributed by atoms with Crippen molar-refractivity contribution >= 4 is 32.5 Å². The minimum atomic E-state index is -3.04. The minimum Gasteiger partial charge on any atom is -0.368 e. The summed E-state index contributed by atoms with van der Waals surface area (Å²) in [6.07, 6.45) is 1.21. The number of benzene rings is 1. The number of para-hydroxylation sites is 1. The lowest BCUT2D eigenvalue weighted by atomic mass is 10.2. The molecule has 1 atom stereocenters. The zero-order valence-electron chi connectivity index (χ0n) is 10.8. The molecule has 102 valence electrons. The van der Waals surface area contributed by atoms with Crippen molar-refractivity contribution in [2.45, 2.75) is 13.0 Å². The van der Waals surface area contributed by atoms with Crippen molar-refractivity contribution in [3.8, 4) is 0 Å². The summed E-state index contributed by atoms with van der Waals surface area (Å²) >= 11 is 0. The maximum atomic E-state index is 11.3. The van der Waals surface area contributed by atoms with E-state index < -0.39 is 9.84 Å². The van der Waals surface area contributed by atoms with Crippen molar-refractivity contribution in [3.05, 3.63) is 24.3 Å². The largest absolute Gasteiger partial charge is 0.368 e. The van der Waals surface area contributed by atoms with Gasteiger partial charge in [-0.3, -0.25) is 0 Å². The minimum absolute atomic E-state index is 0.0330. The van der Waals surface area contributed by atoms with Gasteiger partial charge in [0.05, 0.1) is 11.3 Å². The van der Waals surface area contributed by atoms with E-state index in [0.717, 1.165) is 10.9 Å². The number of rotatable bonds is 4. The number of sulfone groups is 1. The molecular weight excluding hydrogens is 264 g/mol. The normalized spacial score (nSPS) is 13.4. The Morgan fingerprint density at radius 2 is 2.00 bits per heavy atom. The Morgan fingerprint density at radius 3 is 2.68 bits per heavy atom. The van der Waals surface area contributed by atoms with Gasteiger partial charge < -0.3 is 11.1 Å². The maximum absolute atomic E-state index is 11.3. The van der Waals surface area contributed by atoms with Gasteiger partial charge >= 0.3 is 0 Å². The highest BCUT2D eigenvalue weighted by atomic mass is 32.2. The van der Waals surface area contributed by atoms with Crippen LogP contribution >= 0.6 is 0 Å². The van der Waals surface area contributed by atoms with Gasteiger partial charge in [-0.25, -0.2) is 13.4 Å². The van der Waals surface area contributed by atoms with Crippen LogP contribution in [0.3, 0.4) is 0 Å². The molecule has 1 heterocycles. The fourth-order valence-electron chi connectivity index (χ4n) is 1.93. The number of nitrogens with one attached hydrogen (secondary N) is 1. The Balaban J connectivity index is 2.34. The van der Waals surface area contributed by atoms with Gasteiger partial charge in [0.1, 0.15) is 15.7 Å². The van der Waals surface area contributed by atoms with Gasteiger partial charge in [0.2, 0.25) is 5.95 Å². The fourth-order valence-corrected chi connectivity index (χ4v) is 2.93. The highest BCUT2D eigenvalue weighted by Crippen LogP contribution is 2.21. The maximum Gasteiger partial charge on any atom is 0.222 e. The van der Waals surface area contributed by atoms with Crippen molar-refractivity contribution in [2.24, 2.45) is 0 Å². The lowest BCUT2D eigenvalue weighted by Gasteiger charge is -2.15. The van der Waals surface area contributed by atoms with Gasteiger partial charge in [0, 0.05) is 17.7 Å². The molecule has 7 heteroatoms. The summed E-state index contributed by atoms with van der Waals surface area (Å²) < 4.78 is 22.5. The van der Waals surface area contributed by atoms with Gasteiger partial charge in [-0.15, -0.1) is 0 Å². The highest BCUT2D eigenvalue weighted by Gasteiger charge is 2.13. The molecule has 0 aliphatic carbocycles. The number of nitrogens with zero attached hydrogens (tertiary/aromatic N) is 2. The number of anilines is 2. The molecular formula is C12H16N4O2S. The van der Waals surface area contributed by atoms with Crippen LogP contribution in [0.15, 0.2) is 24.3 Å². The third kappa shape index (κ3) is 3.54. The summed E-state index contributed by atoms with van der Waals surface area (Å²) in [6.45, 7) is 1.79. The molecule has 1 aromatic carbocycles. The monoisotopic (exact) mass is 280 g/mol. The average Bonchev–Trinajstić information content (AvgIpc) is 2.25. The second-order valence-corrected chi connectivity index (χ2v) is 6.77. The number of nitrogen functional groups attached to an aromatic ring is 1. The Labute approximate surface area is 112 Å². The quantitative estimate of drug-likeness (QED) is 0.869. The van der Waals surface area contributed by atoms with E-state index in [9.17, 15) is 8.42 Å². The van der Waals surface area contributed by atoms with Gasteiger partial charge in [0.25, 0.3) is 0 Å². The van der Waals surface area contributed by atoms with Crippen molar-refractivity contribution < 1.29 is 8.42 Å². The van der Waals surface area contributed by atoms with Crippen molar-refractivity contribution in [1.29, 1.82) is 0 Å². The Bertz CT molecular complexity index is 700. The van der Waals surface area contributed by atoms with E-state index in [1.54, 1.807) is 6.92 Å². The third-order valence-corrected chi connectivity index (χ3v) is 3.66. The van der Waals surface area contributed by atoms with Crippen LogP contribution in [0, 0.1) is 0 Å². The number of hydrogen-bond acceptors (Lipinski definition) is 6. The van der Waals surface area contributed by atoms with Crippen LogP contribution in [0.25, 0.3) is 10.9 Å². The lowest BCUT2D eigenvalue weighted by Crippen LogP contribution is -2.25. The summed E-state index contributed by atoms with van der Waals surface area (Å²) in [5.74, 6) is 0.748. The van der Waals surface area contributed by atoms with Crippen LogP contribution in [-0.2, 0) is 9.84 Å². The number of fused-ring (bicyclic) bond motifs is 1. The molecule has 1 unspecified atom stereocenters. The number of aromatic nitrogens is 2. The van der Waals surface area contributed by atoms with Crippen LogP contribution in [0.5, 0.6) is 0 Å². The predicted octanol–water partition coefficient (Wildman–Crippen LogP) is 1.06. The van der Waals surface area contributed by atoms with Gasteiger partial charge in [-0.05, 0) is 19.1 Å². The van der Waals surface area contributed by atoms with Crippen molar-refractivity contribution in [2.75, 3.05) is 23.1 Å². The molecule has 0 saturated heterocycles. The molecule has 0 aliphatic rings. The van der Waals surface area contributed by atoms with E-state index >= 15 is 0 Å². The second kappa shape index (κ2) is 5.00. The van der Waals surface area contributed by atoms with Crippen LogP contribution in [0.4, 0.5) is 11.8 Å². The number of hydrogen-bond donors (Lipinski definition) is 2. The molecule has 0 radical (unpaired) electrons. The Morgan fingerprint density at radius 1 is 1.32 bits per heavy atom. The summed E-state index contributed by atoms with van der Waals surface area (Å²) in [6, 6.07) is 7.17. The fraction of sp³-hybridized carbons (Fsp3) is 0.333. The molecule has 2 aromatic rings. The first-order chi connectivity index (χ1) is 8.85. The summed E-state index contributed by atoms with van der Waals surface area (Å²) in [5, 5.41) is 3.89. The molecule has 6 nitrogen and oxygen atoms in total. The molecule has 0 fully saturated rings. The van der Waals surface area contributed by atoms with E-state index in [1.165, 1.54) is 6.26 Å². The highest BCUT2D eigenvalue weighted by molar-refractivity contribution is 7.90. The van der Waals surface area contributed by atoms with Crippen LogP contribution in [-0.4, -0.2) is 36.4 Å². The predicted molar refractivity (Wildman–Crippen MR) is 76.7 cm³/mol. The van der Waals surface area contributed by atoms with E-state index in [4.69, 9.17) is 5.73 Å². The average molecular weight is 280 g/mol. The van der Waals surface area contributed by atoms with Crippen molar-refractivity contribution in [1.82, 2.24) is 9.97 Å². The zero-order chi connectivity index (χ0) is 14.0. The SMILES string of the molecule is CC(CS(C)(=O)=O)Nc1nc(N)nc2ccccc12. The topological polar surface area (TPSA) is 98.0 Å². The molecule has 0 bridgehead atoms. The Kier molecular flexibility index (Phi) is 3.57. The molecule has 3 N–H and O–H groups in total. The molecule has 1 aromatic heterocycles. The first kappa shape index (κ1) is 13.5. The third-order valence-electron chi connectivity index (χ3n) is 2.56. The smallest absolute Gasteiger partial charge is 0.222 e. The molecule has 2 rings (SSSR count). The molecule has 0 aliphatic heterocycles. The van der Waals surface area contributed by atoms with E-state index in [-0.39, 0.29) is 17.7 Å². The summed E-state index contributed by atoms with van der Waals surface area (Å²) in [4.78, 5) is 8.26. The first-order valence-corrected chi connectivity index (χ1v) is 7.88. The molecule has 0 saturated carbocycles. The lowest BCUT2D eigenvalue weighted by molar-refractivity contribution is 0.598. The van der Waals surface area contributed by atoms with Crippen LogP contribution < -0.4 is 11.1 Å². The molecule has 0 amide bonds. The standard InChI is InChI=1S/C12H16N4O2S/c1-8(7-19(2,17)18)14-11-9-5-3-4-6-10(9)15-12(13)16-11/h3-6,8H,7H2,1-2H3,(H3,13,14,15,16). The van der Waals surface area contributed by atoms with Gasteiger partial charge in [-0.1, -0.05) is 12.1 Å². The van der Waals surface area contributed by atoms with Crippen LogP contribution in [0.1, 0.15) is 6.92 Å². The second-order valence-electron chi connectivity index (χ2n) is 4.59. The van der Waals surface area contributed by atoms with E-state index in [2.05, 4.69) is 15.3 Å². The van der Waals surface area contributed by atoms with Gasteiger partial charge in [0.15, 0.2) is 0 Å². The Hall–Kier alpha value is -1.89. The van der Waals surface area contributed by atoms with E-state index in [1.807, 2.05) is 24.3 Å². The number of nitrogens with two attached hydrogens (primary N) is 1. The van der Waals surface area contributed by atoms with Crippen molar-refractivity contribution in [3.63, 3.8) is 0 Å². The molecule has 0 spiro atoms. The summed E-state index contributed by atoms with van der Waals surface area (Å²) in [5.41, 5.74) is 6.37. The zero-order valence-corrected chi connectivity index (χ0v) is 11.6. The van der Waals surface area contributed by atoms with Gasteiger partial charge in [-0.2, -0.15) is 4.98 Å². The molecule has 19 heavy (non-hydrogen) atoms. The van der Waals surface area contributed by atoms with Crippen LogP contribution in [0.2, 0.25) is 0 Å².